The summed E-state index contributed by atoms with van der Waals surface area (Å²) in [4.78, 5) is 16.0. The second kappa shape index (κ2) is 6.97. The van der Waals surface area contributed by atoms with Crippen molar-refractivity contribution in [2.75, 3.05) is 18.0 Å². The summed E-state index contributed by atoms with van der Waals surface area (Å²) in [5.74, 6) is 0.763. The van der Waals surface area contributed by atoms with Crippen molar-refractivity contribution in [2.45, 2.75) is 31.1 Å². The molecule has 0 aliphatic carbocycles. The minimum absolute atomic E-state index is 0.191. The Kier molecular flexibility index (Phi) is 4.33. The molecule has 3 heteroatoms. The maximum Gasteiger partial charge on any atom is 0.149 e. The van der Waals surface area contributed by atoms with E-state index in [1.807, 2.05) is 47.7 Å². The molecule has 1 aromatic heterocycles. The Balaban J connectivity index is 1.49. The van der Waals surface area contributed by atoms with Crippen LogP contribution in [0.1, 0.15) is 46.9 Å². The third-order valence-electron chi connectivity index (χ3n) is 6.03. The highest BCUT2D eigenvalue weighted by Gasteiger charge is 2.35. The summed E-state index contributed by atoms with van der Waals surface area (Å²) >= 11 is 1.83. The van der Waals surface area contributed by atoms with Gasteiger partial charge in [0.1, 0.15) is 5.78 Å². The quantitative estimate of drug-likeness (QED) is 0.598. The van der Waals surface area contributed by atoms with Gasteiger partial charge in [-0.15, -0.1) is 11.3 Å². The maximum atomic E-state index is 13.5. The van der Waals surface area contributed by atoms with Crippen LogP contribution in [0.4, 0.5) is 5.00 Å². The largest absolute Gasteiger partial charge is 0.363 e. The van der Waals surface area contributed by atoms with E-state index in [9.17, 15) is 4.79 Å². The van der Waals surface area contributed by atoms with E-state index in [0.717, 1.165) is 11.1 Å². The van der Waals surface area contributed by atoms with E-state index in [1.165, 1.54) is 42.1 Å². The van der Waals surface area contributed by atoms with Gasteiger partial charge in [0.15, 0.2) is 0 Å². The molecule has 0 radical (unpaired) electrons. The Morgan fingerprint density at radius 2 is 1.56 bits per heavy atom. The molecule has 136 valence electrons. The van der Waals surface area contributed by atoms with Gasteiger partial charge in [0.05, 0.1) is 10.9 Å². The van der Waals surface area contributed by atoms with Crippen LogP contribution in [0.15, 0.2) is 66.0 Å². The highest BCUT2D eigenvalue weighted by Crippen LogP contribution is 2.48. The van der Waals surface area contributed by atoms with Gasteiger partial charge in [0.25, 0.3) is 0 Å². The van der Waals surface area contributed by atoms with Gasteiger partial charge in [-0.3, -0.25) is 4.79 Å². The minimum atomic E-state index is -0.191. The van der Waals surface area contributed by atoms with Crippen molar-refractivity contribution < 1.29 is 4.79 Å². The van der Waals surface area contributed by atoms with Gasteiger partial charge >= 0.3 is 0 Å². The number of anilines is 1. The zero-order chi connectivity index (χ0) is 18.2. The van der Waals surface area contributed by atoms with Crippen LogP contribution in [0, 0.1) is 0 Å². The fourth-order valence-electron chi connectivity index (χ4n) is 4.73. The predicted molar refractivity (Wildman–Crippen MR) is 112 cm³/mol. The van der Waals surface area contributed by atoms with E-state index in [-0.39, 0.29) is 5.92 Å². The maximum absolute atomic E-state index is 13.5. The molecule has 3 aliphatic heterocycles. The molecule has 2 aromatic carbocycles. The summed E-state index contributed by atoms with van der Waals surface area (Å²) in [5.41, 5.74) is 4.92. The highest BCUT2D eigenvalue weighted by molar-refractivity contribution is 7.14. The van der Waals surface area contributed by atoms with Crippen molar-refractivity contribution in [3.63, 3.8) is 0 Å². The number of rotatable bonds is 5. The molecule has 0 saturated carbocycles. The smallest absolute Gasteiger partial charge is 0.149 e. The van der Waals surface area contributed by atoms with Crippen molar-refractivity contribution in [3.8, 4) is 0 Å². The van der Waals surface area contributed by atoms with Crippen LogP contribution in [0.3, 0.4) is 0 Å². The molecule has 27 heavy (non-hydrogen) atoms. The third-order valence-corrected chi connectivity index (χ3v) is 7.14. The number of piperidine rings is 1. The summed E-state index contributed by atoms with van der Waals surface area (Å²) in [6, 6.07) is 20.4. The van der Waals surface area contributed by atoms with E-state index in [0.29, 0.717) is 18.1 Å². The summed E-state index contributed by atoms with van der Waals surface area (Å²) in [6.45, 7) is 2.37. The number of carbonyl (C=O) groups is 1. The van der Waals surface area contributed by atoms with Gasteiger partial charge in [-0.2, -0.15) is 0 Å². The minimum Gasteiger partial charge on any atom is -0.363 e. The molecule has 0 unspecified atom stereocenters. The van der Waals surface area contributed by atoms with E-state index < -0.39 is 0 Å². The van der Waals surface area contributed by atoms with Gasteiger partial charge in [0.2, 0.25) is 0 Å². The van der Waals surface area contributed by atoms with E-state index in [2.05, 4.69) is 34.5 Å². The average Bonchev–Trinajstić information content (AvgIpc) is 3.17. The van der Waals surface area contributed by atoms with Crippen molar-refractivity contribution in [3.05, 3.63) is 88.3 Å². The van der Waals surface area contributed by atoms with E-state index in [1.54, 1.807) is 0 Å². The molecular weight excluding hydrogens is 350 g/mol. The third kappa shape index (κ3) is 3.00. The Bertz CT molecular complexity index is 900. The average molecular weight is 374 g/mol. The topological polar surface area (TPSA) is 20.3 Å². The highest BCUT2D eigenvalue weighted by atomic mass is 32.1. The lowest BCUT2D eigenvalue weighted by atomic mass is 9.81. The van der Waals surface area contributed by atoms with Gasteiger partial charge < -0.3 is 4.90 Å². The molecule has 3 aliphatic rings. The molecule has 2 nitrogen and oxygen atoms in total. The van der Waals surface area contributed by atoms with Gasteiger partial charge in [-0.05, 0) is 46.4 Å². The Morgan fingerprint density at radius 1 is 0.963 bits per heavy atom. The lowest BCUT2D eigenvalue weighted by molar-refractivity contribution is -0.119. The fraction of sp³-hybridized carbons (Fsp3) is 0.292. The van der Waals surface area contributed by atoms with Crippen molar-refractivity contribution in [1.82, 2.24) is 0 Å². The van der Waals surface area contributed by atoms with Crippen LogP contribution in [-0.2, 0) is 11.2 Å². The number of carbonyl (C=O) groups excluding carboxylic acids is 1. The lowest BCUT2D eigenvalue weighted by Crippen LogP contribution is -2.38. The molecule has 2 bridgehead atoms. The molecule has 3 aromatic rings. The molecular formula is C24H23NOS. The first-order chi connectivity index (χ1) is 13.3. The van der Waals surface area contributed by atoms with Crippen LogP contribution < -0.4 is 4.90 Å². The summed E-state index contributed by atoms with van der Waals surface area (Å²) in [7, 11) is 0. The molecule has 0 amide bonds. The Hall–Kier alpha value is -2.39. The second-order valence-corrected chi connectivity index (χ2v) is 8.50. The number of benzene rings is 2. The van der Waals surface area contributed by atoms with Crippen molar-refractivity contribution >= 4 is 22.1 Å². The number of hydrogen-bond acceptors (Lipinski definition) is 3. The van der Waals surface area contributed by atoms with Crippen molar-refractivity contribution in [1.29, 1.82) is 0 Å². The Labute approximate surface area is 164 Å². The first-order valence-electron chi connectivity index (χ1n) is 9.79. The predicted octanol–water partition coefficient (Wildman–Crippen LogP) is 5.39. The standard InChI is InChI=1S/C24H23NOS/c26-21(15-20-16-27-24-23(20)19-11-13-25(24)14-12-19)22(17-7-3-1-4-8-17)18-9-5-2-6-10-18/h1-10,16,19,22H,11-15H2. The molecule has 1 saturated heterocycles. The van der Waals surface area contributed by atoms with E-state index in [4.69, 9.17) is 0 Å². The zero-order valence-corrected chi connectivity index (χ0v) is 16.1. The number of thiophene rings is 1. The molecule has 4 heterocycles. The summed E-state index contributed by atoms with van der Waals surface area (Å²) < 4.78 is 0. The van der Waals surface area contributed by atoms with E-state index >= 15 is 0 Å². The number of nitrogens with zero attached hydrogens (tertiary/aromatic N) is 1. The molecule has 6 rings (SSSR count). The molecule has 0 spiro atoms. The summed E-state index contributed by atoms with van der Waals surface area (Å²) in [6.07, 6.45) is 3.02. The summed E-state index contributed by atoms with van der Waals surface area (Å²) in [5, 5.41) is 3.67. The molecule has 1 fully saturated rings. The first-order valence-corrected chi connectivity index (χ1v) is 10.7. The number of fused-ring (bicyclic) bond motifs is 2. The number of hydrogen-bond donors (Lipinski definition) is 0. The normalized spacial score (nSPS) is 16.0. The van der Waals surface area contributed by atoms with Crippen LogP contribution in [0.2, 0.25) is 0 Å². The number of Topliss-reactive ketones (excluding diaryl/α,β-unsaturated/α-hetero) is 1. The van der Waals surface area contributed by atoms with Crippen LogP contribution >= 0.6 is 11.3 Å². The lowest BCUT2D eigenvalue weighted by Gasteiger charge is -2.40. The van der Waals surface area contributed by atoms with Gasteiger partial charge in [0, 0.05) is 19.5 Å². The fourth-order valence-corrected chi connectivity index (χ4v) is 5.95. The van der Waals surface area contributed by atoms with Crippen LogP contribution in [0.5, 0.6) is 0 Å². The van der Waals surface area contributed by atoms with Crippen LogP contribution in [-0.4, -0.2) is 18.9 Å². The first kappa shape index (κ1) is 16.8. The Morgan fingerprint density at radius 3 is 2.15 bits per heavy atom. The zero-order valence-electron chi connectivity index (χ0n) is 15.3. The van der Waals surface area contributed by atoms with Crippen molar-refractivity contribution in [2.24, 2.45) is 0 Å². The number of ketones is 1. The van der Waals surface area contributed by atoms with Gasteiger partial charge in [-0.25, -0.2) is 0 Å². The molecule has 0 N–H and O–H groups in total. The van der Waals surface area contributed by atoms with Gasteiger partial charge in [-0.1, -0.05) is 60.7 Å². The molecule has 0 atom stereocenters. The van der Waals surface area contributed by atoms with Crippen LogP contribution in [0.25, 0.3) is 0 Å². The second-order valence-electron chi connectivity index (χ2n) is 7.64. The monoisotopic (exact) mass is 373 g/mol. The SMILES string of the molecule is O=C(Cc1csc2c1C1CCN2CC1)C(c1ccccc1)c1ccccc1.